The van der Waals surface area contributed by atoms with Crippen molar-refractivity contribution >= 4 is 11.7 Å². The summed E-state index contributed by atoms with van der Waals surface area (Å²) in [5.74, 6) is -0.0193. The minimum atomic E-state index is -0.473. The van der Waals surface area contributed by atoms with Crippen molar-refractivity contribution in [1.29, 1.82) is 0 Å². The Morgan fingerprint density at radius 2 is 1.87 bits per heavy atom. The second-order valence-electron chi connectivity index (χ2n) is 5.12. The molecule has 0 radical (unpaired) electrons. The van der Waals surface area contributed by atoms with Crippen LogP contribution in [0.25, 0.3) is 0 Å². The summed E-state index contributed by atoms with van der Waals surface area (Å²) in [5.41, 5.74) is 3.09. The lowest BCUT2D eigenvalue weighted by Gasteiger charge is -2.14. The lowest BCUT2D eigenvalue weighted by molar-refractivity contribution is -0.130. The van der Waals surface area contributed by atoms with Crippen LogP contribution in [-0.2, 0) is 11.2 Å². The molecule has 23 heavy (non-hydrogen) atoms. The monoisotopic (exact) mass is 309 g/mol. The van der Waals surface area contributed by atoms with E-state index in [0.717, 1.165) is 16.7 Å². The smallest absolute Gasteiger partial charge is 0.338 e. The Balaban J connectivity index is 2.51. The molecule has 0 spiro atoms. The van der Waals surface area contributed by atoms with Gasteiger partial charge in [-0.2, -0.15) is 0 Å². The standard InChI is InChI=1S/C19H19NO3/c1-4-15-16(18(20-22)14-9-6-5-7-10-14)11-8-12-17(15)23-19(21)13(2)3/h5-12,22H,2,4H2,1,3H3. The summed E-state index contributed by atoms with van der Waals surface area (Å²) in [6.07, 6.45) is 0.626. The molecule has 2 aromatic rings. The summed E-state index contributed by atoms with van der Waals surface area (Å²) >= 11 is 0. The van der Waals surface area contributed by atoms with Gasteiger partial charge in [-0.3, -0.25) is 0 Å². The van der Waals surface area contributed by atoms with E-state index in [1.165, 1.54) is 0 Å². The minimum Gasteiger partial charge on any atom is -0.423 e. The molecule has 0 aliphatic carbocycles. The van der Waals surface area contributed by atoms with Crippen LogP contribution in [0, 0.1) is 0 Å². The van der Waals surface area contributed by atoms with Crippen molar-refractivity contribution in [2.45, 2.75) is 20.3 Å². The maximum Gasteiger partial charge on any atom is 0.338 e. The van der Waals surface area contributed by atoms with Gasteiger partial charge < -0.3 is 9.94 Å². The Hall–Kier alpha value is -2.88. The van der Waals surface area contributed by atoms with Gasteiger partial charge in [0.2, 0.25) is 0 Å². The van der Waals surface area contributed by atoms with E-state index in [-0.39, 0.29) is 0 Å². The molecule has 0 heterocycles. The van der Waals surface area contributed by atoms with Gasteiger partial charge in [0.25, 0.3) is 0 Å². The molecule has 0 aliphatic rings. The number of benzene rings is 2. The molecule has 0 amide bonds. The number of rotatable bonds is 5. The van der Waals surface area contributed by atoms with E-state index in [1.54, 1.807) is 19.1 Å². The second kappa shape index (κ2) is 7.40. The topological polar surface area (TPSA) is 58.9 Å². The zero-order valence-corrected chi connectivity index (χ0v) is 13.2. The normalized spacial score (nSPS) is 11.1. The van der Waals surface area contributed by atoms with Gasteiger partial charge in [-0.25, -0.2) is 4.79 Å². The number of ether oxygens (including phenoxy) is 1. The van der Waals surface area contributed by atoms with Crippen molar-refractivity contribution in [3.63, 3.8) is 0 Å². The van der Waals surface area contributed by atoms with E-state index < -0.39 is 5.97 Å². The molecule has 1 N–H and O–H groups in total. The van der Waals surface area contributed by atoms with Gasteiger partial charge in [-0.15, -0.1) is 0 Å². The highest BCUT2D eigenvalue weighted by Gasteiger charge is 2.17. The quantitative estimate of drug-likeness (QED) is 0.227. The number of nitrogens with zero attached hydrogens (tertiary/aromatic N) is 1. The predicted octanol–water partition coefficient (Wildman–Crippen LogP) is 3.96. The first-order valence-electron chi connectivity index (χ1n) is 7.35. The first-order valence-corrected chi connectivity index (χ1v) is 7.35. The molecular weight excluding hydrogens is 290 g/mol. The molecular formula is C19H19NO3. The van der Waals surface area contributed by atoms with Gasteiger partial charge in [-0.05, 0) is 19.4 Å². The molecule has 4 nitrogen and oxygen atoms in total. The molecule has 0 fully saturated rings. The van der Waals surface area contributed by atoms with Crippen LogP contribution in [0.5, 0.6) is 5.75 Å². The van der Waals surface area contributed by atoms with Crippen molar-refractivity contribution < 1.29 is 14.7 Å². The highest BCUT2D eigenvalue weighted by atomic mass is 16.5. The van der Waals surface area contributed by atoms with Crippen LogP contribution in [0.2, 0.25) is 0 Å². The number of hydrogen-bond acceptors (Lipinski definition) is 4. The molecule has 0 aromatic heterocycles. The number of carbonyl (C=O) groups is 1. The van der Waals surface area contributed by atoms with Gasteiger partial charge in [-0.1, -0.05) is 61.1 Å². The molecule has 0 saturated carbocycles. The number of oxime groups is 1. The van der Waals surface area contributed by atoms with Crippen molar-refractivity contribution in [2.24, 2.45) is 5.16 Å². The first kappa shape index (κ1) is 16.5. The van der Waals surface area contributed by atoms with Crippen LogP contribution in [0.4, 0.5) is 0 Å². The summed E-state index contributed by atoms with van der Waals surface area (Å²) in [6.45, 7) is 7.14. The fourth-order valence-electron chi connectivity index (χ4n) is 2.30. The van der Waals surface area contributed by atoms with Crippen LogP contribution in [-0.4, -0.2) is 16.9 Å². The van der Waals surface area contributed by atoms with Gasteiger partial charge >= 0.3 is 5.97 Å². The van der Waals surface area contributed by atoms with E-state index in [2.05, 4.69) is 11.7 Å². The SMILES string of the molecule is C=C(C)C(=O)Oc1cccc(C(=NO)c2ccccc2)c1CC. The molecule has 0 atom stereocenters. The predicted molar refractivity (Wildman–Crippen MR) is 90.1 cm³/mol. The van der Waals surface area contributed by atoms with Crippen LogP contribution >= 0.6 is 0 Å². The third kappa shape index (κ3) is 3.66. The van der Waals surface area contributed by atoms with Crippen LogP contribution in [0.15, 0.2) is 65.8 Å². The molecule has 0 unspecified atom stereocenters. The van der Waals surface area contributed by atoms with Crippen LogP contribution in [0.1, 0.15) is 30.5 Å². The molecule has 118 valence electrons. The third-order valence-corrected chi connectivity index (χ3v) is 3.44. The maximum atomic E-state index is 11.8. The third-order valence-electron chi connectivity index (χ3n) is 3.44. The molecule has 0 saturated heterocycles. The Morgan fingerprint density at radius 3 is 2.43 bits per heavy atom. The summed E-state index contributed by atoms with van der Waals surface area (Å²) in [7, 11) is 0. The summed E-state index contributed by atoms with van der Waals surface area (Å²) in [5, 5.41) is 12.9. The zero-order chi connectivity index (χ0) is 16.8. The molecule has 0 bridgehead atoms. The van der Waals surface area contributed by atoms with Gasteiger partial charge in [0.1, 0.15) is 11.5 Å². The van der Waals surface area contributed by atoms with E-state index in [1.807, 2.05) is 43.3 Å². The van der Waals surface area contributed by atoms with E-state index in [0.29, 0.717) is 23.5 Å². The van der Waals surface area contributed by atoms with Crippen molar-refractivity contribution in [3.8, 4) is 5.75 Å². The molecule has 2 aromatic carbocycles. The fraction of sp³-hybridized carbons (Fsp3) is 0.158. The fourth-order valence-corrected chi connectivity index (χ4v) is 2.30. The maximum absolute atomic E-state index is 11.8. The average Bonchev–Trinajstić information content (AvgIpc) is 2.56. The molecule has 2 rings (SSSR count). The number of hydrogen-bond donors (Lipinski definition) is 1. The van der Waals surface area contributed by atoms with Crippen LogP contribution < -0.4 is 4.74 Å². The lowest BCUT2D eigenvalue weighted by atomic mass is 9.95. The van der Waals surface area contributed by atoms with Gasteiger partial charge in [0, 0.05) is 22.3 Å². The Bertz CT molecular complexity index is 748. The summed E-state index contributed by atoms with van der Waals surface area (Å²) < 4.78 is 5.39. The zero-order valence-electron chi connectivity index (χ0n) is 13.2. The summed E-state index contributed by atoms with van der Waals surface area (Å²) in [6, 6.07) is 14.7. The molecule has 0 aliphatic heterocycles. The van der Waals surface area contributed by atoms with E-state index >= 15 is 0 Å². The van der Waals surface area contributed by atoms with Gasteiger partial charge in [0.05, 0.1) is 0 Å². The van der Waals surface area contributed by atoms with Crippen molar-refractivity contribution in [1.82, 2.24) is 0 Å². The second-order valence-corrected chi connectivity index (χ2v) is 5.12. The van der Waals surface area contributed by atoms with Crippen molar-refractivity contribution in [2.75, 3.05) is 0 Å². The van der Waals surface area contributed by atoms with Crippen molar-refractivity contribution in [3.05, 3.63) is 77.4 Å². The minimum absolute atomic E-state index is 0.330. The Labute approximate surface area is 135 Å². The van der Waals surface area contributed by atoms with Crippen LogP contribution in [0.3, 0.4) is 0 Å². The van der Waals surface area contributed by atoms with Gasteiger partial charge in [0.15, 0.2) is 0 Å². The number of carbonyl (C=O) groups excluding carboxylic acids is 1. The highest BCUT2D eigenvalue weighted by molar-refractivity contribution is 6.13. The Kier molecular flexibility index (Phi) is 5.31. The lowest BCUT2D eigenvalue weighted by Crippen LogP contribution is -2.13. The highest BCUT2D eigenvalue weighted by Crippen LogP contribution is 2.26. The summed E-state index contributed by atoms with van der Waals surface area (Å²) in [4.78, 5) is 11.8. The van der Waals surface area contributed by atoms with E-state index in [4.69, 9.17) is 4.74 Å². The number of esters is 1. The average molecular weight is 309 g/mol. The van der Waals surface area contributed by atoms with E-state index in [9.17, 15) is 10.0 Å². The largest absolute Gasteiger partial charge is 0.423 e. The Morgan fingerprint density at radius 1 is 1.17 bits per heavy atom. The first-order chi connectivity index (χ1) is 11.1. The molecule has 4 heteroatoms.